The normalized spacial score (nSPS) is 15.9. The standard InChI is InChI=1S/C22H20N2O5/c1-11(12-6-7-12)24-17(25)10-29-22(28)16-9-8-15-18(19(16)23)21(27)14-5-3-2-4-13(14)20(15)26/h2-5,8-9,11-12H,6-7,10,23H2,1H3,(H,24,25)/t11-/m1/s1. The van der Waals surface area contributed by atoms with E-state index in [9.17, 15) is 19.2 Å². The molecule has 1 amide bonds. The van der Waals surface area contributed by atoms with Crippen LogP contribution in [-0.2, 0) is 9.53 Å². The van der Waals surface area contributed by atoms with E-state index in [4.69, 9.17) is 10.5 Å². The number of nitrogens with two attached hydrogens (primary N) is 1. The fraction of sp³-hybridized carbons (Fsp3) is 0.273. The minimum Gasteiger partial charge on any atom is -0.452 e. The zero-order chi connectivity index (χ0) is 20.7. The first-order valence-corrected chi connectivity index (χ1v) is 9.46. The van der Waals surface area contributed by atoms with Crippen molar-refractivity contribution >= 4 is 29.1 Å². The summed E-state index contributed by atoms with van der Waals surface area (Å²) in [7, 11) is 0. The molecular formula is C22H20N2O5. The smallest absolute Gasteiger partial charge is 0.340 e. The maximum absolute atomic E-state index is 12.9. The van der Waals surface area contributed by atoms with E-state index >= 15 is 0 Å². The second-order valence-corrected chi connectivity index (χ2v) is 7.42. The lowest BCUT2D eigenvalue weighted by atomic mass is 9.82. The van der Waals surface area contributed by atoms with Gasteiger partial charge in [0.2, 0.25) is 0 Å². The maximum atomic E-state index is 12.9. The summed E-state index contributed by atoms with van der Waals surface area (Å²) < 4.78 is 5.07. The van der Waals surface area contributed by atoms with Crippen LogP contribution in [0.5, 0.6) is 0 Å². The van der Waals surface area contributed by atoms with Gasteiger partial charge in [-0.1, -0.05) is 24.3 Å². The molecule has 0 bridgehead atoms. The number of nitrogen functional groups attached to an aromatic ring is 1. The van der Waals surface area contributed by atoms with Crippen LogP contribution in [0.1, 0.15) is 62.0 Å². The largest absolute Gasteiger partial charge is 0.452 e. The molecule has 4 rings (SSSR count). The predicted molar refractivity (Wildman–Crippen MR) is 105 cm³/mol. The quantitative estimate of drug-likeness (QED) is 0.508. The van der Waals surface area contributed by atoms with Gasteiger partial charge in [0.25, 0.3) is 5.91 Å². The highest BCUT2D eigenvalue weighted by molar-refractivity contribution is 6.30. The zero-order valence-electron chi connectivity index (χ0n) is 15.9. The number of nitrogens with one attached hydrogen (secondary N) is 1. The second kappa shape index (κ2) is 7.16. The molecule has 0 saturated heterocycles. The van der Waals surface area contributed by atoms with Crippen LogP contribution in [0.4, 0.5) is 5.69 Å². The Morgan fingerprint density at radius 3 is 2.38 bits per heavy atom. The molecule has 0 radical (unpaired) electrons. The molecule has 7 nitrogen and oxygen atoms in total. The number of hydrogen-bond acceptors (Lipinski definition) is 6. The van der Waals surface area contributed by atoms with Gasteiger partial charge in [-0.15, -0.1) is 0 Å². The monoisotopic (exact) mass is 392 g/mol. The lowest BCUT2D eigenvalue weighted by molar-refractivity contribution is -0.124. The minimum absolute atomic E-state index is 0.00467. The first-order valence-electron chi connectivity index (χ1n) is 9.46. The molecule has 2 aromatic carbocycles. The number of fused-ring (bicyclic) bond motifs is 2. The van der Waals surface area contributed by atoms with E-state index < -0.39 is 24.3 Å². The van der Waals surface area contributed by atoms with Crippen LogP contribution in [0.3, 0.4) is 0 Å². The third kappa shape index (κ3) is 3.40. The van der Waals surface area contributed by atoms with E-state index in [-0.39, 0.29) is 39.8 Å². The van der Waals surface area contributed by atoms with Crippen LogP contribution in [0.25, 0.3) is 0 Å². The zero-order valence-corrected chi connectivity index (χ0v) is 15.9. The fourth-order valence-corrected chi connectivity index (χ4v) is 3.61. The van der Waals surface area contributed by atoms with Crippen molar-refractivity contribution in [3.63, 3.8) is 0 Å². The highest BCUT2D eigenvalue weighted by atomic mass is 16.5. The highest BCUT2D eigenvalue weighted by Crippen LogP contribution is 2.33. The van der Waals surface area contributed by atoms with Crippen molar-refractivity contribution in [3.05, 3.63) is 64.2 Å². The molecule has 0 spiro atoms. The number of ether oxygens (including phenoxy) is 1. The first-order chi connectivity index (χ1) is 13.9. The molecule has 2 aliphatic carbocycles. The van der Waals surface area contributed by atoms with Crippen LogP contribution < -0.4 is 11.1 Å². The van der Waals surface area contributed by atoms with Crippen LogP contribution in [0.15, 0.2) is 36.4 Å². The summed E-state index contributed by atoms with van der Waals surface area (Å²) in [6, 6.07) is 9.25. The second-order valence-electron chi connectivity index (χ2n) is 7.42. The first kappa shape index (κ1) is 18.9. The van der Waals surface area contributed by atoms with Gasteiger partial charge < -0.3 is 15.8 Å². The van der Waals surface area contributed by atoms with Gasteiger partial charge in [-0.2, -0.15) is 0 Å². The van der Waals surface area contributed by atoms with Gasteiger partial charge in [0.15, 0.2) is 18.2 Å². The Bertz CT molecular complexity index is 1060. The molecule has 1 saturated carbocycles. The Morgan fingerprint density at radius 1 is 1.07 bits per heavy atom. The summed E-state index contributed by atoms with van der Waals surface area (Å²) in [6.45, 7) is 1.47. The maximum Gasteiger partial charge on any atom is 0.340 e. The van der Waals surface area contributed by atoms with E-state index in [2.05, 4.69) is 5.32 Å². The molecule has 1 atom stereocenters. The number of rotatable bonds is 5. The molecule has 29 heavy (non-hydrogen) atoms. The number of anilines is 1. The minimum atomic E-state index is -0.821. The lowest BCUT2D eigenvalue weighted by Gasteiger charge is -2.20. The van der Waals surface area contributed by atoms with Crippen molar-refractivity contribution in [2.24, 2.45) is 5.92 Å². The number of hydrogen-bond donors (Lipinski definition) is 2. The number of benzene rings is 2. The molecule has 2 aliphatic rings. The van der Waals surface area contributed by atoms with Gasteiger partial charge in [-0.05, 0) is 37.8 Å². The molecule has 0 aromatic heterocycles. The van der Waals surface area contributed by atoms with Gasteiger partial charge in [0, 0.05) is 22.7 Å². The third-order valence-corrected chi connectivity index (χ3v) is 5.41. The van der Waals surface area contributed by atoms with Crippen molar-refractivity contribution in [2.45, 2.75) is 25.8 Å². The van der Waals surface area contributed by atoms with Crippen molar-refractivity contribution in [1.82, 2.24) is 5.32 Å². The van der Waals surface area contributed by atoms with Crippen LogP contribution in [0.2, 0.25) is 0 Å². The average molecular weight is 392 g/mol. The molecule has 0 aliphatic heterocycles. The highest BCUT2D eigenvalue weighted by Gasteiger charge is 2.33. The van der Waals surface area contributed by atoms with Gasteiger partial charge in [0.05, 0.1) is 16.8 Å². The van der Waals surface area contributed by atoms with E-state index in [1.165, 1.54) is 12.1 Å². The van der Waals surface area contributed by atoms with Crippen molar-refractivity contribution < 1.29 is 23.9 Å². The molecule has 7 heteroatoms. The van der Waals surface area contributed by atoms with Gasteiger partial charge in [-0.3, -0.25) is 14.4 Å². The summed E-state index contributed by atoms with van der Waals surface area (Å²) in [6.07, 6.45) is 2.17. The van der Waals surface area contributed by atoms with Crippen molar-refractivity contribution in [2.75, 3.05) is 12.3 Å². The number of ketones is 2. The fourth-order valence-electron chi connectivity index (χ4n) is 3.61. The molecular weight excluding hydrogens is 372 g/mol. The molecule has 3 N–H and O–H groups in total. The molecule has 148 valence electrons. The molecule has 1 fully saturated rings. The van der Waals surface area contributed by atoms with E-state index in [0.29, 0.717) is 11.5 Å². The topological polar surface area (TPSA) is 116 Å². The Labute approximate surface area is 167 Å². The summed E-state index contributed by atoms with van der Waals surface area (Å²) in [5, 5.41) is 2.79. The van der Waals surface area contributed by atoms with Gasteiger partial charge in [-0.25, -0.2) is 4.79 Å². The van der Waals surface area contributed by atoms with E-state index in [1.807, 2.05) is 6.92 Å². The Balaban J connectivity index is 1.53. The van der Waals surface area contributed by atoms with E-state index in [0.717, 1.165) is 12.8 Å². The third-order valence-electron chi connectivity index (χ3n) is 5.41. The van der Waals surface area contributed by atoms with Gasteiger partial charge in [0.1, 0.15) is 0 Å². The summed E-state index contributed by atoms with van der Waals surface area (Å²) >= 11 is 0. The molecule has 0 unspecified atom stereocenters. The van der Waals surface area contributed by atoms with Crippen molar-refractivity contribution in [3.8, 4) is 0 Å². The Kier molecular flexibility index (Phi) is 4.66. The Hall–Kier alpha value is -3.48. The molecule has 0 heterocycles. The summed E-state index contributed by atoms with van der Waals surface area (Å²) in [5.74, 6) is -1.47. The van der Waals surface area contributed by atoms with Crippen LogP contribution in [-0.4, -0.2) is 36.1 Å². The van der Waals surface area contributed by atoms with Gasteiger partial charge >= 0.3 is 5.97 Å². The number of amides is 1. The van der Waals surface area contributed by atoms with Crippen molar-refractivity contribution in [1.29, 1.82) is 0 Å². The average Bonchev–Trinajstić information content (AvgIpc) is 3.55. The number of carbonyl (C=O) groups is 4. The van der Waals surface area contributed by atoms with Crippen LogP contribution >= 0.6 is 0 Å². The Morgan fingerprint density at radius 2 is 1.72 bits per heavy atom. The SMILES string of the molecule is C[C@@H](NC(=O)COC(=O)c1ccc2c(c1N)C(=O)c1ccccc1C2=O)C1CC1. The molecule has 2 aromatic rings. The predicted octanol–water partition coefficient (Wildman–Crippen LogP) is 2.12. The number of carbonyl (C=O) groups excluding carboxylic acids is 4. The van der Waals surface area contributed by atoms with Crippen LogP contribution in [0, 0.1) is 5.92 Å². The lowest BCUT2D eigenvalue weighted by Crippen LogP contribution is -2.37. The summed E-state index contributed by atoms with van der Waals surface area (Å²) in [4.78, 5) is 49.9. The number of esters is 1. The van der Waals surface area contributed by atoms with E-state index in [1.54, 1.807) is 24.3 Å². The summed E-state index contributed by atoms with van der Waals surface area (Å²) in [5.41, 5.74) is 6.61.